The van der Waals surface area contributed by atoms with Gasteiger partial charge in [-0.25, -0.2) is 9.78 Å². The van der Waals surface area contributed by atoms with E-state index in [1.165, 1.54) is 12.1 Å². The van der Waals surface area contributed by atoms with Crippen LogP contribution in [0.15, 0.2) is 42.7 Å². The minimum absolute atomic E-state index is 0.152. The number of aromatic carboxylic acids is 1. The highest BCUT2D eigenvalue weighted by molar-refractivity contribution is 6.33. The minimum atomic E-state index is -1.02. The molecule has 0 aliphatic rings. The van der Waals surface area contributed by atoms with Gasteiger partial charge in [-0.1, -0.05) is 23.7 Å². The number of hydrogen-bond acceptors (Lipinski definition) is 6. The Labute approximate surface area is 177 Å². The zero-order valence-corrected chi connectivity index (χ0v) is 16.9. The number of nitrogens with one attached hydrogen (secondary N) is 1. The molecule has 1 aromatic carbocycles. The predicted octanol–water partition coefficient (Wildman–Crippen LogP) is 4.20. The topological polar surface area (TPSA) is 136 Å². The molecule has 0 bridgehead atoms. The van der Waals surface area contributed by atoms with Gasteiger partial charge in [-0.05, 0) is 31.0 Å². The van der Waals surface area contributed by atoms with Crippen molar-refractivity contribution in [2.24, 2.45) is 0 Å². The number of carboxylic acids is 1. The zero-order chi connectivity index (χ0) is 21.8. The first kappa shape index (κ1) is 21.1. The Balaban J connectivity index is 1.67. The summed E-state index contributed by atoms with van der Waals surface area (Å²) in [5, 5.41) is 23.9. The summed E-state index contributed by atoms with van der Waals surface area (Å²) < 4.78 is 1.80. The summed E-state index contributed by atoms with van der Waals surface area (Å²) in [5.41, 5.74) is 7.74. The fourth-order valence-corrected chi connectivity index (χ4v) is 3.40. The van der Waals surface area contributed by atoms with Gasteiger partial charge in [-0.2, -0.15) is 0 Å². The molecule has 0 spiro atoms. The van der Waals surface area contributed by atoms with E-state index in [0.29, 0.717) is 41.5 Å². The highest BCUT2D eigenvalue weighted by atomic mass is 35.5. The number of anilines is 2. The van der Waals surface area contributed by atoms with Crippen LogP contribution in [0.3, 0.4) is 0 Å². The number of nitrogen functional groups attached to an aromatic ring is 1. The van der Waals surface area contributed by atoms with Gasteiger partial charge in [0.1, 0.15) is 5.82 Å². The molecule has 2 heterocycles. The number of rotatable bonds is 8. The number of aromatic nitrogens is 2. The van der Waals surface area contributed by atoms with Crippen LogP contribution in [0, 0.1) is 17.0 Å². The number of nitro groups is 1. The first-order valence-corrected chi connectivity index (χ1v) is 9.48. The highest BCUT2D eigenvalue weighted by Gasteiger charge is 2.17. The molecule has 9 nitrogen and oxygen atoms in total. The third-order valence-corrected chi connectivity index (χ3v) is 4.84. The number of carboxylic acid groups (broad SMARTS) is 1. The van der Waals surface area contributed by atoms with Gasteiger partial charge in [0, 0.05) is 47.7 Å². The Morgan fingerprint density at radius 1 is 1.30 bits per heavy atom. The molecule has 3 rings (SSSR count). The van der Waals surface area contributed by atoms with E-state index in [4.69, 9.17) is 17.3 Å². The molecule has 156 valence electrons. The maximum Gasteiger partial charge on any atom is 0.337 e. The predicted molar refractivity (Wildman–Crippen MR) is 115 cm³/mol. The number of halogens is 1. The van der Waals surface area contributed by atoms with Crippen LogP contribution in [0.4, 0.5) is 17.3 Å². The zero-order valence-electron chi connectivity index (χ0n) is 16.1. The molecule has 0 saturated heterocycles. The van der Waals surface area contributed by atoms with Crippen molar-refractivity contribution in [1.82, 2.24) is 9.55 Å². The standard InChI is InChI=1S/C20H20ClN5O4/c1-12-3-4-13(16(21)9-12)14-10-25(11-15(14)20(27)28)8-2-7-23-18-6-5-17(26(29)30)19(22)24-18/h3-6,9-11H,2,7-8H2,1H3,(H,27,28)(H3,22,23,24). The molecular weight excluding hydrogens is 410 g/mol. The summed E-state index contributed by atoms with van der Waals surface area (Å²) in [4.78, 5) is 25.8. The molecule has 30 heavy (non-hydrogen) atoms. The molecular formula is C20H20ClN5O4. The largest absolute Gasteiger partial charge is 0.478 e. The Morgan fingerprint density at radius 2 is 2.07 bits per heavy atom. The van der Waals surface area contributed by atoms with Crippen molar-refractivity contribution in [3.8, 4) is 11.1 Å². The third-order valence-electron chi connectivity index (χ3n) is 4.52. The van der Waals surface area contributed by atoms with Gasteiger partial charge in [0.05, 0.1) is 10.5 Å². The second-order valence-electron chi connectivity index (χ2n) is 6.75. The van der Waals surface area contributed by atoms with Crippen LogP contribution < -0.4 is 11.1 Å². The lowest BCUT2D eigenvalue weighted by atomic mass is 10.0. The summed E-state index contributed by atoms with van der Waals surface area (Å²) in [6.45, 7) is 2.99. The van der Waals surface area contributed by atoms with Gasteiger partial charge in [-0.3, -0.25) is 10.1 Å². The number of carbonyl (C=O) groups is 1. The number of aryl methyl sites for hydroxylation is 2. The Hall–Kier alpha value is -3.59. The first-order chi connectivity index (χ1) is 14.3. The lowest BCUT2D eigenvalue weighted by Gasteiger charge is -2.07. The molecule has 0 aliphatic heterocycles. The van der Waals surface area contributed by atoms with Crippen LogP contribution in [-0.4, -0.2) is 32.1 Å². The van der Waals surface area contributed by atoms with Gasteiger partial charge in [-0.15, -0.1) is 0 Å². The van der Waals surface area contributed by atoms with Crippen LogP contribution in [0.2, 0.25) is 5.02 Å². The van der Waals surface area contributed by atoms with Crippen molar-refractivity contribution < 1.29 is 14.8 Å². The number of nitrogens with zero attached hydrogens (tertiary/aromatic N) is 3. The molecule has 0 saturated carbocycles. The Morgan fingerprint density at radius 3 is 2.70 bits per heavy atom. The lowest BCUT2D eigenvalue weighted by molar-refractivity contribution is -0.384. The van der Waals surface area contributed by atoms with Gasteiger partial charge in [0.25, 0.3) is 0 Å². The van der Waals surface area contributed by atoms with Gasteiger partial charge in [0.2, 0.25) is 5.82 Å². The smallest absolute Gasteiger partial charge is 0.337 e. The monoisotopic (exact) mass is 429 g/mol. The maximum absolute atomic E-state index is 11.7. The van der Waals surface area contributed by atoms with Crippen LogP contribution in [0.25, 0.3) is 11.1 Å². The summed E-state index contributed by atoms with van der Waals surface area (Å²) in [6.07, 6.45) is 4.01. The molecule has 0 atom stereocenters. The van der Waals surface area contributed by atoms with Crippen molar-refractivity contribution in [2.45, 2.75) is 19.9 Å². The number of hydrogen-bond donors (Lipinski definition) is 3. The first-order valence-electron chi connectivity index (χ1n) is 9.10. The molecule has 4 N–H and O–H groups in total. The molecule has 0 unspecified atom stereocenters. The second-order valence-corrected chi connectivity index (χ2v) is 7.16. The van der Waals surface area contributed by atoms with E-state index in [0.717, 1.165) is 5.56 Å². The minimum Gasteiger partial charge on any atom is -0.478 e. The normalized spacial score (nSPS) is 10.7. The van der Waals surface area contributed by atoms with Crippen LogP contribution in [0.5, 0.6) is 0 Å². The fraction of sp³-hybridized carbons (Fsp3) is 0.200. The van der Waals surface area contributed by atoms with Gasteiger partial charge in [0.15, 0.2) is 0 Å². The van der Waals surface area contributed by atoms with E-state index in [2.05, 4.69) is 10.3 Å². The third kappa shape index (κ3) is 4.69. The molecule has 10 heteroatoms. The van der Waals surface area contributed by atoms with E-state index in [9.17, 15) is 20.0 Å². The maximum atomic E-state index is 11.7. The molecule has 0 aliphatic carbocycles. The van der Waals surface area contributed by atoms with E-state index in [1.807, 2.05) is 19.1 Å². The molecule has 2 aromatic heterocycles. The van der Waals surface area contributed by atoms with Crippen molar-refractivity contribution >= 4 is 34.9 Å². The van der Waals surface area contributed by atoms with E-state index in [1.54, 1.807) is 23.0 Å². The highest BCUT2D eigenvalue weighted by Crippen LogP contribution is 2.32. The average Bonchev–Trinajstić information content (AvgIpc) is 3.09. The average molecular weight is 430 g/mol. The summed E-state index contributed by atoms with van der Waals surface area (Å²) in [7, 11) is 0. The van der Waals surface area contributed by atoms with Crippen molar-refractivity contribution in [3.63, 3.8) is 0 Å². The van der Waals surface area contributed by atoms with Crippen molar-refractivity contribution in [1.29, 1.82) is 0 Å². The van der Waals surface area contributed by atoms with Crippen molar-refractivity contribution in [2.75, 3.05) is 17.6 Å². The lowest BCUT2D eigenvalue weighted by Crippen LogP contribution is -2.08. The number of nitrogens with two attached hydrogens (primary N) is 1. The summed E-state index contributed by atoms with van der Waals surface area (Å²) in [5.74, 6) is -0.742. The summed E-state index contributed by atoms with van der Waals surface area (Å²) in [6, 6.07) is 8.29. The number of pyridine rings is 1. The van der Waals surface area contributed by atoms with Crippen LogP contribution >= 0.6 is 11.6 Å². The quantitative estimate of drug-likeness (QED) is 0.277. The van der Waals surface area contributed by atoms with Crippen LogP contribution in [-0.2, 0) is 6.54 Å². The van der Waals surface area contributed by atoms with E-state index < -0.39 is 10.9 Å². The molecule has 0 radical (unpaired) electrons. The van der Waals surface area contributed by atoms with Gasteiger partial charge < -0.3 is 20.7 Å². The molecule has 0 fully saturated rings. The van der Waals surface area contributed by atoms with E-state index in [-0.39, 0.29) is 17.1 Å². The summed E-state index contributed by atoms with van der Waals surface area (Å²) >= 11 is 6.32. The molecule has 3 aromatic rings. The molecule has 0 amide bonds. The van der Waals surface area contributed by atoms with Crippen LogP contribution in [0.1, 0.15) is 22.3 Å². The second kappa shape index (κ2) is 8.83. The SMILES string of the molecule is Cc1ccc(-c2cn(CCCNc3ccc([N+](=O)[O-])c(N)n3)cc2C(=O)O)c(Cl)c1. The van der Waals surface area contributed by atoms with E-state index >= 15 is 0 Å². The fourth-order valence-electron chi connectivity index (χ4n) is 3.06. The Kier molecular flexibility index (Phi) is 6.22. The van der Waals surface area contributed by atoms with Gasteiger partial charge >= 0.3 is 11.7 Å². The Bertz CT molecular complexity index is 1110. The number of benzene rings is 1. The van der Waals surface area contributed by atoms with Crippen molar-refractivity contribution in [3.05, 3.63) is 69.0 Å².